The van der Waals surface area contributed by atoms with E-state index in [4.69, 9.17) is 11.6 Å². The van der Waals surface area contributed by atoms with Crippen LogP contribution in [-0.2, 0) is 10.0 Å². The number of benzene rings is 2. The monoisotopic (exact) mass is 335 g/mol. The molecule has 2 aromatic rings. The molecule has 116 valence electrons. The standard InChI is InChI=1S/C17H18ClNO2S/c1-13-5-2-3-6-16(13)17-7-4-12-19(17)22(20,21)15-10-8-14(18)9-11-15/h2-3,5-6,8-11,17H,4,7,12H2,1H3. The van der Waals surface area contributed by atoms with Crippen molar-refractivity contribution >= 4 is 21.6 Å². The van der Waals surface area contributed by atoms with Crippen LogP contribution in [0.15, 0.2) is 53.4 Å². The van der Waals surface area contributed by atoms with Gasteiger partial charge in [0.05, 0.1) is 10.9 Å². The Bertz CT molecular complexity index is 772. The first-order valence-electron chi connectivity index (χ1n) is 7.33. The fraction of sp³-hybridized carbons (Fsp3) is 0.294. The fourth-order valence-corrected chi connectivity index (χ4v) is 4.84. The van der Waals surface area contributed by atoms with Gasteiger partial charge >= 0.3 is 0 Å². The van der Waals surface area contributed by atoms with Crippen LogP contribution in [-0.4, -0.2) is 19.3 Å². The molecule has 3 rings (SSSR count). The second-order valence-electron chi connectivity index (χ2n) is 5.58. The molecule has 1 unspecified atom stereocenters. The zero-order chi connectivity index (χ0) is 15.7. The molecular formula is C17H18ClNO2S. The summed E-state index contributed by atoms with van der Waals surface area (Å²) in [5.74, 6) is 0. The van der Waals surface area contributed by atoms with Crippen molar-refractivity contribution in [2.24, 2.45) is 0 Å². The van der Waals surface area contributed by atoms with Gasteiger partial charge in [-0.25, -0.2) is 8.42 Å². The van der Waals surface area contributed by atoms with E-state index in [0.29, 0.717) is 16.5 Å². The lowest BCUT2D eigenvalue weighted by molar-refractivity contribution is 0.395. The highest BCUT2D eigenvalue weighted by Crippen LogP contribution is 2.37. The Kier molecular flexibility index (Phi) is 4.26. The maximum Gasteiger partial charge on any atom is 0.243 e. The van der Waals surface area contributed by atoms with Gasteiger partial charge in [0.2, 0.25) is 10.0 Å². The van der Waals surface area contributed by atoms with E-state index in [2.05, 4.69) is 0 Å². The molecule has 22 heavy (non-hydrogen) atoms. The number of hydrogen-bond donors (Lipinski definition) is 0. The Morgan fingerprint density at radius 3 is 2.45 bits per heavy atom. The summed E-state index contributed by atoms with van der Waals surface area (Å²) in [6.07, 6.45) is 1.74. The fourth-order valence-electron chi connectivity index (χ4n) is 3.04. The average Bonchev–Trinajstić information content (AvgIpc) is 2.98. The van der Waals surface area contributed by atoms with Crippen LogP contribution in [0, 0.1) is 6.92 Å². The highest BCUT2D eigenvalue weighted by atomic mass is 35.5. The van der Waals surface area contributed by atoms with Crippen molar-refractivity contribution in [1.29, 1.82) is 0 Å². The van der Waals surface area contributed by atoms with E-state index in [1.807, 2.05) is 31.2 Å². The van der Waals surface area contributed by atoms with Crippen molar-refractivity contribution in [2.45, 2.75) is 30.7 Å². The van der Waals surface area contributed by atoms with Crippen molar-refractivity contribution < 1.29 is 8.42 Å². The van der Waals surface area contributed by atoms with Crippen LogP contribution in [0.3, 0.4) is 0 Å². The summed E-state index contributed by atoms with van der Waals surface area (Å²) in [6, 6.07) is 14.3. The quantitative estimate of drug-likeness (QED) is 0.844. The highest BCUT2D eigenvalue weighted by molar-refractivity contribution is 7.89. The molecule has 0 amide bonds. The topological polar surface area (TPSA) is 37.4 Å². The van der Waals surface area contributed by atoms with Gasteiger partial charge in [0.25, 0.3) is 0 Å². The molecule has 0 aliphatic carbocycles. The van der Waals surface area contributed by atoms with Gasteiger partial charge in [0.15, 0.2) is 0 Å². The normalized spacial score (nSPS) is 19.5. The molecule has 0 saturated carbocycles. The van der Waals surface area contributed by atoms with E-state index in [9.17, 15) is 8.42 Å². The van der Waals surface area contributed by atoms with Crippen molar-refractivity contribution in [3.05, 3.63) is 64.7 Å². The van der Waals surface area contributed by atoms with E-state index in [0.717, 1.165) is 24.0 Å². The number of halogens is 1. The van der Waals surface area contributed by atoms with E-state index >= 15 is 0 Å². The molecule has 0 aromatic heterocycles. The third-order valence-electron chi connectivity index (χ3n) is 4.17. The molecular weight excluding hydrogens is 318 g/mol. The first kappa shape index (κ1) is 15.5. The molecule has 1 aliphatic heterocycles. The van der Waals surface area contributed by atoms with Crippen LogP contribution in [0.4, 0.5) is 0 Å². The second kappa shape index (κ2) is 6.03. The average molecular weight is 336 g/mol. The Morgan fingerprint density at radius 1 is 1.09 bits per heavy atom. The van der Waals surface area contributed by atoms with Crippen LogP contribution < -0.4 is 0 Å². The predicted octanol–water partition coefficient (Wildman–Crippen LogP) is 4.17. The van der Waals surface area contributed by atoms with Gasteiger partial charge in [-0.05, 0) is 55.2 Å². The molecule has 1 fully saturated rings. The molecule has 3 nitrogen and oxygen atoms in total. The van der Waals surface area contributed by atoms with Gasteiger partial charge in [-0.2, -0.15) is 4.31 Å². The summed E-state index contributed by atoms with van der Waals surface area (Å²) in [7, 11) is -3.49. The van der Waals surface area contributed by atoms with Gasteiger partial charge in [-0.3, -0.25) is 0 Å². The molecule has 5 heteroatoms. The van der Waals surface area contributed by atoms with Crippen LogP contribution in [0.2, 0.25) is 5.02 Å². The van der Waals surface area contributed by atoms with Crippen molar-refractivity contribution in [3.8, 4) is 0 Å². The number of sulfonamides is 1. The molecule has 2 aromatic carbocycles. The van der Waals surface area contributed by atoms with E-state index in [1.54, 1.807) is 28.6 Å². The van der Waals surface area contributed by atoms with E-state index in [1.165, 1.54) is 0 Å². The van der Waals surface area contributed by atoms with Crippen LogP contribution >= 0.6 is 11.6 Å². The Hall–Kier alpha value is -1.36. The van der Waals surface area contributed by atoms with Gasteiger partial charge in [0, 0.05) is 11.6 Å². The van der Waals surface area contributed by atoms with Crippen molar-refractivity contribution in [3.63, 3.8) is 0 Å². The van der Waals surface area contributed by atoms with E-state index in [-0.39, 0.29) is 6.04 Å². The largest absolute Gasteiger partial charge is 0.243 e. The summed E-state index contributed by atoms with van der Waals surface area (Å²) in [5.41, 5.74) is 2.23. The minimum atomic E-state index is -3.49. The Morgan fingerprint density at radius 2 is 1.77 bits per heavy atom. The van der Waals surface area contributed by atoms with Crippen LogP contribution in [0.5, 0.6) is 0 Å². The number of aryl methyl sites for hydroxylation is 1. The van der Waals surface area contributed by atoms with Crippen LogP contribution in [0.25, 0.3) is 0 Å². The van der Waals surface area contributed by atoms with Crippen molar-refractivity contribution in [1.82, 2.24) is 4.31 Å². The summed E-state index contributed by atoms with van der Waals surface area (Å²) in [5, 5.41) is 0.538. The van der Waals surface area contributed by atoms with Gasteiger partial charge in [0.1, 0.15) is 0 Å². The molecule has 0 radical (unpaired) electrons. The second-order valence-corrected chi connectivity index (χ2v) is 7.91. The smallest absolute Gasteiger partial charge is 0.207 e. The van der Waals surface area contributed by atoms with Crippen LogP contribution in [0.1, 0.15) is 30.0 Å². The Labute approximate surface area is 136 Å². The first-order chi connectivity index (χ1) is 10.5. The van der Waals surface area contributed by atoms with E-state index < -0.39 is 10.0 Å². The lowest BCUT2D eigenvalue weighted by Gasteiger charge is -2.25. The highest BCUT2D eigenvalue weighted by Gasteiger charge is 2.36. The summed E-state index contributed by atoms with van der Waals surface area (Å²) >= 11 is 5.86. The maximum atomic E-state index is 12.9. The molecule has 1 saturated heterocycles. The van der Waals surface area contributed by atoms with Crippen molar-refractivity contribution in [2.75, 3.05) is 6.54 Å². The maximum absolute atomic E-state index is 12.9. The zero-order valence-electron chi connectivity index (χ0n) is 12.4. The predicted molar refractivity (Wildman–Crippen MR) is 88.5 cm³/mol. The zero-order valence-corrected chi connectivity index (χ0v) is 13.9. The summed E-state index contributed by atoms with van der Waals surface area (Å²) in [6.45, 7) is 2.59. The van der Waals surface area contributed by atoms with Gasteiger partial charge in [-0.1, -0.05) is 35.9 Å². The lowest BCUT2D eigenvalue weighted by atomic mass is 10.0. The first-order valence-corrected chi connectivity index (χ1v) is 9.15. The molecule has 1 atom stereocenters. The Balaban J connectivity index is 1.99. The minimum absolute atomic E-state index is 0.0816. The third-order valence-corrected chi connectivity index (χ3v) is 6.35. The SMILES string of the molecule is Cc1ccccc1C1CCCN1S(=O)(=O)c1ccc(Cl)cc1. The number of nitrogens with zero attached hydrogens (tertiary/aromatic N) is 1. The number of rotatable bonds is 3. The molecule has 1 aliphatic rings. The van der Waals surface area contributed by atoms with Gasteiger partial charge < -0.3 is 0 Å². The molecule has 0 bridgehead atoms. The molecule has 0 N–H and O–H groups in total. The molecule has 1 heterocycles. The summed E-state index contributed by atoms with van der Waals surface area (Å²) < 4.78 is 27.5. The lowest BCUT2D eigenvalue weighted by Crippen LogP contribution is -2.31. The van der Waals surface area contributed by atoms with Gasteiger partial charge in [-0.15, -0.1) is 0 Å². The molecule has 0 spiro atoms. The minimum Gasteiger partial charge on any atom is -0.207 e. The third kappa shape index (κ3) is 2.78. The summed E-state index contributed by atoms with van der Waals surface area (Å²) in [4.78, 5) is 0.303. The number of hydrogen-bond acceptors (Lipinski definition) is 2.